The molecule has 1 atom stereocenters. The molecule has 0 spiro atoms. The van der Waals surface area contributed by atoms with Crippen LogP contribution in [0.2, 0.25) is 0 Å². The summed E-state index contributed by atoms with van der Waals surface area (Å²) in [5.41, 5.74) is 5.61. The van der Waals surface area contributed by atoms with E-state index in [0.717, 1.165) is 6.54 Å². The highest BCUT2D eigenvalue weighted by Crippen LogP contribution is 2.36. The molecule has 1 unspecified atom stereocenters. The van der Waals surface area contributed by atoms with Crippen molar-refractivity contribution in [1.82, 2.24) is 0 Å². The lowest BCUT2D eigenvalue weighted by atomic mass is 10.0. The van der Waals surface area contributed by atoms with Gasteiger partial charge in [-0.2, -0.15) is 11.8 Å². The maximum Gasteiger partial charge on any atom is 0.0386 e. The van der Waals surface area contributed by atoms with Crippen molar-refractivity contribution in [2.45, 2.75) is 32.4 Å². The number of anilines is 1. The van der Waals surface area contributed by atoms with Crippen molar-refractivity contribution < 1.29 is 0 Å². The first-order chi connectivity index (χ1) is 7.18. The standard InChI is InChI=1S/C13H19NS/c1-9-7-12-11(3)15-6-4-5-14-13(12)8-10(9)2/h7-8,11,14H,4-6H2,1-3H3. The van der Waals surface area contributed by atoms with Crippen LogP contribution in [0.25, 0.3) is 0 Å². The fourth-order valence-electron chi connectivity index (χ4n) is 1.97. The van der Waals surface area contributed by atoms with Crippen LogP contribution >= 0.6 is 11.8 Å². The van der Waals surface area contributed by atoms with Crippen molar-refractivity contribution in [3.05, 3.63) is 28.8 Å². The van der Waals surface area contributed by atoms with Gasteiger partial charge in [0.05, 0.1) is 0 Å². The van der Waals surface area contributed by atoms with Crippen molar-refractivity contribution >= 4 is 17.4 Å². The molecule has 1 N–H and O–H groups in total. The number of rotatable bonds is 0. The molecule has 2 heteroatoms. The van der Waals surface area contributed by atoms with Crippen LogP contribution in [0, 0.1) is 13.8 Å². The van der Waals surface area contributed by atoms with E-state index in [2.05, 4.69) is 50.0 Å². The Balaban J connectivity index is 2.43. The maximum atomic E-state index is 3.55. The zero-order valence-electron chi connectivity index (χ0n) is 9.76. The normalized spacial score (nSPS) is 21.1. The first-order valence-corrected chi connectivity index (χ1v) is 6.70. The second kappa shape index (κ2) is 4.48. The van der Waals surface area contributed by atoms with Crippen LogP contribution in [0.3, 0.4) is 0 Å². The molecule has 0 saturated carbocycles. The van der Waals surface area contributed by atoms with Gasteiger partial charge in [0, 0.05) is 17.5 Å². The van der Waals surface area contributed by atoms with E-state index in [4.69, 9.17) is 0 Å². The van der Waals surface area contributed by atoms with Crippen molar-refractivity contribution in [3.63, 3.8) is 0 Å². The zero-order chi connectivity index (χ0) is 10.8. The van der Waals surface area contributed by atoms with Gasteiger partial charge in [0.15, 0.2) is 0 Å². The number of fused-ring (bicyclic) bond motifs is 1. The highest BCUT2D eigenvalue weighted by atomic mass is 32.2. The molecule has 0 saturated heterocycles. The molecule has 1 nitrogen and oxygen atoms in total. The molecule has 0 radical (unpaired) electrons. The Labute approximate surface area is 96.7 Å². The van der Waals surface area contributed by atoms with Crippen LogP contribution in [0.5, 0.6) is 0 Å². The predicted octanol–water partition coefficient (Wildman–Crippen LogP) is 3.91. The summed E-state index contributed by atoms with van der Waals surface area (Å²) >= 11 is 2.07. The van der Waals surface area contributed by atoms with Crippen LogP contribution in [-0.2, 0) is 0 Å². The fourth-order valence-corrected chi connectivity index (χ4v) is 3.01. The lowest BCUT2D eigenvalue weighted by Crippen LogP contribution is -2.10. The van der Waals surface area contributed by atoms with Gasteiger partial charge in [0.25, 0.3) is 0 Å². The van der Waals surface area contributed by atoms with Crippen LogP contribution in [0.1, 0.15) is 35.3 Å². The Hall–Kier alpha value is -0.630. The third kappa shape index (κ3) is 2.31. The number of nitrogens with one attached hydrogen (secondary N) is 1. The van der Waals surface area contributed by atoms with Gasteiger partial charge in [-0.15, -0.1) is 0 Å². The van der Waals surface area contributed by atoms with Gasteiger partial charge in [-0.05, 0) is 55.7 Å². The highest BCUT2D eigenvalue weighted by molar-refractivity contribution is 7.99. The minimum atomic E-state index is 0.618. The smallest absolute Gasteiger partial charge is 0.0386 e. The van der Waals surface area contributed by atoms with E-state index in [1.54, 1.807) is 0 Å². The molecular formula is C13H19NS. The quantitative estimate of drug-likeness (QED) is 0.713. The maximum absolute atomic E-state index is 3.55. The van der Waals surface area contributed by atoms with E-state index >= 15 is 0 Å². The molecule has 0 amide bonds. The predicted molar refractivity (Wildman–Crippen MR) is 69.9 cm³/mol. The van der Waals surface area contributed by atoms with Crippen LogP contribution in [0.15, 0.2) is 12.1 Å². The number of aryl methyl sites for hydroxylation is 2. The van der Waals surface area contributed by atoms with E-state index in [1.807, 2.05) is 0 Å². The second-order valence-corrected chi connectivity index (χ2v) is 5.77. The highest BCUT2D eigenvalue weighted by Gasteiger charge is 2.14. The zero-order valence-corrected chi connectivity index (χ0v) is 10.6. The number of hydrogen-bond acceptors (Lipinski definition) is 2. The Morgan fingerprint density at radius 3 is 2.80 bits per heavy atom. The molecule has 15 heavy (non-hydrogen) atoms. The molecular weight excluding hydrogens is 202 g/mol. The fraction of sp³-hybridized carbons (Fsp3) is 0.538. The summed E-state index contributed by atoms with van der Waals surface area (Å²) in [7, 11) is 0. The molecule has 82 valence electrons. The molecule has 0 aromatic heterocycles. The van der Waals surface area contributed by atoms with Gasteiger partial charge in [0.2, 0.25) is 0 Å². The van der Waals surface area contributed by atoms with Gasteiger partial charge in [0.1, 0.15) is 0 Å². The van der Waals surface area contributed by atoms with Crippen LogP contribution in [-0.4, -0.2) is 12.3 Å². The molecule has 1 aliphatic heterocycles. The summed E-state index contributed by atoms with van der Waals surface area (Å²) in [5, 5.41) is 4.17. The van der Waals surface area contributed by atoms with E-state index in [9.17, 15) is 0 Å². The second-order valence-electron chi connectivity index (χ2n) is 4.32. The van der Waals surface area contributed by atoms with Gasteiger partial charge in [-0.25, -0.2) is 0 Å². The molecule has 0 fully saturated rings. The summed E-state index contributed by atoms with van der Waals surface area (Å²) in [6.07, 6.45) is 1.27. The Bertz CT molecular complexity index is 360. The molecule has 1 aliphatic rings. The minimum absolute atomic E-state index is 0.618. The minimum Gasteiger partial charge on any atom is -0.385 e. The first kappa shape index (κ1) is 10.9. The molecule has 0 aliphatic carbocycles. The van der Waals surface area contributed by atoms with E-state index < -0.39 is 0 Å². The van der Waals surface area contributed by atoms with E-state index in [0.29, 0.717) is 5.25 Å². The largest absolute Gasteiger partial charge is 0.385 e. The SMILES string of the molecule is Cc1cc2c(cc1C)C(C)SCCCN2. The average Bonchev–Trinajstić information content (AvgIpc) is 2.19. The van der Waals surface area contributed by atoms with Crippen molar-refractivity contribution in [3.8, 4) is 0 Å². The van der Waals surface area contributed by atoms with Crippen molar-refractivity contribution in [2.75, 3.05) is 17.6 Å². The summed E-state index contributed by atoms with van der Waals surface area (Å²) in [6, 6.07) is 4.65. The third-order valence-corrected chi connectivity index (χ3v) is 4.39. The van der Waals surface area contributed by atoms with Gasteiger partial charge in [-0.1, -0.05) is 6.07 Å². The molecule has 1 aromatic carbocycles. The Morgan fingerprint density at radius 1 is 1.27 bits per heavy atom. The van der Waals surface area contributed by atoms with Crippen LogP contribution in [0.4, 0.5) is 5.69 Å². The third-order valence-electron chi connectivity index (χ3n) is 3.11. The number of benzene rings is 1. The van der Waals surface area contributed by atoms with E-state index in [1.165, 1.54) is 34.6 Å². The van der Waals surface area contributed by atoms with Crippen LogP contribution < -0.4 is 5.32 Å². The van der Waals surface area contributed by atoms with Gasteiger partial charge < -0.3 is 5.32 Å². The number of thioether (sulfide) groups is 1. The Kier molecular flexibility index (Phi) is 3.25. The van der Waals surface area contributed by atoms with Gasteiger partial charge in [-0.3, -0.25) is 0 Å². The number of hydrogen-bond donors (Lipinski definition) is 1. The molecule has 2 rings (SSSR count). The lowest BCUT2D eigenvalue weighted by molar-refractivity contribution is 0.954. The molecule has 1 heterocycles. The first-order valence-electron chi connectivity index (χ1n) is 5.65. The summed E-state index contributed by atoms with van der Waals surface area (Å²) in [4.78, 5) is 0. The lowest BCUT2D eigenvalue weighted by Gasteiger charge is -2.22. The van der Waals surface area contributed by atoms with E-state index in [-0.39, 0.29) is 0 Å². The Morgan fingerprint density at radius 2 is 2.00 bits per heavy atom. The van der Waals surface area contributed by atoms with Crippen molar-refractivity contribution in [2.24, 2.45) is 0 Å². The monoisotopic (exact) mass is 221 g/mol. The van der Waals surface area contributed by atoms with Gasteiger partial charge >= 0.3 is 0 Å². The topological polar surface area (TPSA) is 12.0 Å². The average molecular weight is 221 g/mol. The molecule has 0 bridgehead atoms. The van der Waals surface area contributed by atoms with Crippen molar-refractivity contribution in [1.29, 1.82) is 0 Å². The summed E-state index contributed by atoms with van der Waals surface area (Å²) in [6.45, 7) is 7.81. The summed E-state index contributed by atoms with van der Waals surface area (Å²) < 4.78 is 0. The molecule has 1 aromatic rings. The summed E-state index contributed by atoms with van der Waals surface area (Å²) in [5.74, 6) is 1.26.